The summed E-state index contributed by atoms with van der Waals surface area (Å²) in [5.74, 6) is 0.808. The van der Waals surface area contributed by atoms with E-state index in [0.717, 1.165) is 30.5 Å². The van der Waals surface area contributed by atoms with E-state index in [1.807, 2.05) is 6.92 Å². The molecule has 0 atom stereocenters. The van der Waals surface area contributed by atoms with Gasteiger partial charge in [-0.1, -0.05) is 36.8 Å². The predicted molar refractivity (Wildman–Crippen MR) is 96.6 cm³/mol. The SMILES string of the molecule is CCCC1=Cc2cc(F)c(C#Cc3ccc(OC(F)(F)F)c(F)c3)c(F)c2CC1. The lowest BCUT2D eigenvalue weighted by molar-refractivity contribution is -0.275. The largest absolute Gasteiger partial charge is 0.573 e. The van der Waals surface area contributed by atoms with Crippen molar-refractivity contribution in [2.45, 2.75) is 39.0 Å². The Morgan fingerprint density at radius 3 is 2.41 bits per heavy atom. The first-order valence-electron chi connectivity index (χ1n) is 8.95. The van der Waals surface area contributed by atoms with E-state index in [4.69, 9.17) is 0 Å². The van der Waals surface area contributed by atoms with Crippen molar-refractivity contribution in [2.24, 2.45) is 0 Å². The standard InChI is InChI=1S/C22H16F6O/c1-2-3-13-4-7-16-15(10-13)12-18(23)17(21(16)25)8-5-14-6-9-20(19(24)11-14)29-22(26,27)28/h6,9-12H,2-4,7H2,1H3. The number of fused-ring (bicyclic) bond motifs is 1. The molecule has 0 radical (unpaired) electrons. The van der Waals surface area contributed by atoms with Crippen LogP contribution in [-0.2, 0) is 6.42 Å². The summed E-state index contributed by atoms with van der Waals surface area (Å²) >= 11 is 0. The van der Waals surface area contributed by atoms with Gasteiger partial charge in [0.1, 0.15) is 11.6 Å². The van der Waals surface area contributed by atoms with E-state index in [0.29, 0.717) is 30.0 Å². The van der Waals surface area contributed by atoms with Crippen LogP contribution in [0.3, 0.4) is 0 Å². The molecule has 3 rings (SSSR count). The molecule has 0 fully saturated rings. The van der Waals surface area contributed by atoms with Crippen LogP contribution in [-0.4, -0.2) is 6.36 Å². The Labute approximate surface area is 164 Å². The van der Waals surface area contributed by atoms with Crippen molar-refractivity contribution in [3.05, 3.63) is 69.5 Å². The highest BCUT2D eigenvalue weighted by Crippen LogP contribution is 2.31. The molecular weight excluding hydrogens is 394 g/mol. The first-order chi connectivity index (χ1) is 13.7. The Kier molecular flexibility index (Phi) is 5.92. The van der Waals surface area contributed by atoms with Crippen LogP contribution in [0.4, 0.5) is 26.3 Å². The highest BCUT2D eigenvalue weighted by atomic mass is 19.4. The second kappa shape index (κ2) is 8.24. The van der Waals surface area contributed by atoms with Crippen molar-refractivity contribution in [1.82, 2.24) is 0 Å². The number of halogens is 6. The van der Waals surface area contributed by atoms with E-state index in [9.17, 15) is 26.3 Å². The lowest BCUT2D eigenvalue weighted by Crippen LogP contribution is -2.17. The molecule has 1 nitrogen and oxygen atoms in total. The number of hydrogen-bond acceptors (Lipinski definition) is 1. The molecule has 1 aliphatic carbocycles. The van der Waals surface area contributed by atoms with Gasteiger partial charge < -0.3 is 4.74 Å². The Balaban J connectivity index is 1.91. The average Bonchev–Trinajstić information content (AvgIpc) is 2.63. The zero-order chi connectivity index (χ0) is 21.2. The number of ether oxygens (including phenoxy) is 1. The normalized spacial score (nSPS) is 13.3. The summed E-state index contributed by atoms with van der Waals surface area (Å²) in [4.78, 5) is 0. The van der Waals surface area contributed by atoms with Gasteiger partial charge in [-0.05, 0) is 54.7 Å². The number of allylic oxidation sites excluding steroid dienone is 1. The molecule has 0 amide bonds. The predicted octanol–water partition coefficient (Wildman–Crippen LogP) is 6.53. The molecule has 0 aromatic heterocycles. The average molecular weight is 410 g/mol. The molecule has 1 aliphatic rings. The van der Waals surface area contributed by atoms with Gasteiger partial charge in [-0.2, -0.15) is 0 Å². The van der Waals surface area contributed by atoms with E-state index in [2.05, 4.69) is 16.6 Å². The summed E-state index contributed by atoms with van der Waals surface area (Å²) in [6.07, 6.45) is -0.319. The Morgan fingerprint density at radius 1 is 1.00 bits per heavy atom. The van der Waals surface area contributed by atoms with Gasteiger partial charge in [0.25, 0.3) is 0 Å². The molecule has 7 heteroatoms. The Morgan fingerprint density at radius 2 is 1.76 bits per heavy atom. The van der Waals surface area contributed by atoms with Crippen molar-refractivity contribution in [3.8, 4) is 17.6 Å². The highest BCUT2D eigenvalue weighted by molar-refractivity contribution is 5.62. The number of alkyl halides is 3. The van der Waals surface area contributed by atoms with Crippen LogP contribution in [0.2, 0.25) is 0 Å². The summed E-state index contributed by atoms with van der Waals surface area (Å²) in [7, 11) is 0. The maximum atomic E-state index is 14.8. The van der Waals surface area contributed by atoms with Crippen LogP contribution < -0.4 is 4.74 Å². The van der Waals surface area contributed by atoms with Crippen LogP contribution >= 0.6 is 0 Å². The van der Waals surface area contributed by atoms with Crippen molar-refractivity contribution in [3.63, 3.8) is 0 Å². The topological polar surface area (TPSA) is 9.23 Å². The van der Waals surface area contributed by atoms with E-state index in [-0.39, 0.29) is 5.56 Å². The summed E-state index contributed by atoms with van der Waals surface area (Å²) in [5.41, 5.74) is 1.50. The third-order valence-electron chi connectivity index (χ3n) is 4.47. The summed E-state index contributed by atoms with van der Waals surface area (Å²) in [6.45, 7) is 2.03. The number of rotatable bonds is 3. The van der Waals surface area contributed by atoms with Gasteiger partial charge in [-0.3, -0.25) is 0 Å². The third kappa shape index (κ3) is 4.94. The van der Waals surface area contributed by atoms with E-state index < -0.39 is 35.1 Å². The van der Waals surface area contributed by atoms with Gasteiger partial charge >= 0.3 is 6.36 Å². The fourth-order valence-corrected chi connectivity index (χ4v) is 3.19. The monoisotopic (exact) mass is 410 g/mol. The molecule has 0 heterocycles. The molecule has 152 valence electrons. The zero-order valence-corrected chi connectivity index (χ0v) is 15.4. The van der Waals surface area contributed by atoms with Crippen molar-refractivity contribution in [1.29, 1.82) is 0 Å². The maximum Gasteiger partial charge on any atom is 0.573 e. The lowest BCUT2D eigenvalue weighted by Gasteiger charge is -2.18. The molecule has 0 bridgehead atoms. The van der Waals surface area contributed by atoms with Gasteiger partial charge in [-0.15, -0.1) is 13.2 Å². The summed E-state index contributed by atoms with van der Waals surface area (Å²) < 4.78 is 83.0. The lowest BCUT2D eigenvalue weighted by atomic mass is 9.88. The second-order valence-corrected chi connectivity index (χ2v) is 6.61. The molecule has 0 spiro atoms. The van der Waals surface area contributed by atoms with Crippen molar-refractivity contribution >= 4 is 6.08 Å². The number of benzene rings is 2. The molecule has 0 unspecified atom stereocenters. The van der Waals surface area contributed by atoms with Crippen LogP contribution in [0.5, 0.6) is 5.75 Å². The molecule has 2 aromatic carbocycles. The maximum absolute atomic E-state index is 14.8. The van der Waals surface area contributed by atoms with Crippen LogP contribution in [0.25, 0.3) is 6.08 Å². The minimum Gasteiger partial charge on any atom is -0.403 e. The molecule has 0 N–H and O–H groups in total. The van der Waals surface area contributed by atoms with Crippen LogP contribution in [0.15, 0.2) is 29.8 Å². The fraction of sp³-hybridized carbons (Fsp3) is 0.273. The van der Waals surface area contributed by atoms with Gasteiger partial charge in [0.2, 0.25) is 0 Å². The first kappa shape index (κ1) is 20.8. The van der Waals surface area contributed by atoms with Crippen molar-refractivity contribution in [2.75, 3.05) is 0 Å². The fourth-order valence-electron chi connectivity index (χ4n) is 3.19. The smallest absolute Gasteiger partial charge is 0.403 e. The van der Waals surface area contributed by atoms with Gasteiger partial charge in [0.05, 0.1) is 5.56 Å². The minimum atomic E-state index is -5.03. The molecule has 29 heavy (non-hydrogen) atoms. The summed E-state index contributed by atoms with van der Waals surface area (Å²) in [5, 5.41) is 0. The third-order valence-corrected chi connectivity index (χ3v) is 4.47. The Hall–Kier alpha value is -2.88. The van der Waals surface area contributed by atoms with E-state index in [1.165, 1.54) is 6.07 Å². The molecule has 2 aromatic rings. The molecule has 0 saturated heterocycles. The Bertz CT molecular complexity index is 1020. The molecule has 0 saturated carbocycles. The highest BCUT2D eigenvalue weighted by Gasteiger charge is 2.32. The van der Waals surface area contributed by atoms with E-state index in [1.54, 1.807) is 6.08 Å². The minimum absolute atomic E-state index is 0.0429. The second-order valence-electron chi connectivity index (χ2n) is 6.61. The quantitative estimate of drug-likeness (QED) is 0.413. The number of hydrogen-bond donors (Lipinski definition) is 0. The zero-order valence-electron chi connectivity index (χ0n) is 15.4. The first-order valence-corrected chi connectivity index (χ1v) is 8.95. The molecule has 0 aliphatic heterocycles. The van der Waals surface area contributed by atoms with Crippen molar-refractivity contribution < 1.29 is 31.1 Å². The molecular formula is C22H16F6O. The van der Waals surface area contributed by atoms with Crippen LogP contribution in [0.1, 0.15) is 48.4 Å². The van der Waals surface area contributed by atoms with Gasteiger partial charge in [-0.25, -0.2) is 13.2 Å². The summed E-state index contributed by atoms with van der Waals surface area (Å²) in [6, 6.07) is 3.76. The van der Waals surface area contributed by atoms with E-state index >= 15 is 0 Å². The van der Waals surface area contributed by atoms with Gasteiger partial charge in [0.15, 0.2) is 11.6 Å². The van der Waals surface area contributed by atoms with Crippen LogP contribution in [0, 0.1) is 29.3 Å². The van der Waals surface area contributed by atoms with Gasteiger partial charge in [0, 0.05) is 5.56 Å².